The number of fused-ring (bicyclic) bond motifs is 1. The van der Waals surface area contributed by atoms with Crippen LogP contribution in [-0.2, 0) is 4.74 Å². The van der Waals surface area contributed by atoms with E-state index >= 15 is 0 Å². The molecule has 1 heterocycles. The first-order valence-electron chi connectivity index (χ1n) is 6.26. The molecule has 0 unspecified atom stereocenters. The molecule has 2 N–H and O–H groups in total. The average Bonchev–Trinajstić information content (AvgIpc) is 2.34. The number of benzene rings is 1. The summed E-state index contributed by atoms with van der Waals surface area (Å²) in [7, 11) is -2.23. The first kappa shape index (κ1) is 17.4. The Balaban J connectivity index is 2.59. The fraction of sp³-hybridized carbons (Fsp3) is 0.417. The van der Waals surface area contributed by atoms with Crippen molar-refractivity contribution in [3.63, 3.8) is 0 Å². The first-order valence-corrected chi connectivity index (χ1v) is 6.26. The van der Waals surface area contributed by atoms with Crippen LogP contribution in [0.4, 0.5) is 17.6 Å². The number of carbonyl (C=O) groups is 1. The number of halogens is 4. The predicted molar refractivity (Wildman–Crippen MR) is 67.9 cm³/mol. The average molecular weight is 338 g/mol. The van der Waals surface area contributed by atoms with E-state index in [0.717, 1.165) is 0 Å². The summed E-state index contributed by atoms with van der Waals surface area (Å²) in [5.41, 5.74) is -1.32. The van der Waals surface area contributed by atoms with Gasteiger partial charge in [0.25, 0.3) is 0 Å². The van der Waals surface area contributed by atoms with Crippen molar-refractivity contribution < 1.29 is 46.6 Å². The second kappa shape index (κ2) is 5.57. The number of hydrogen-bond donors (Lipinski definition) is 2. The van der Waals surface area contributed by atoms with Gasteiger partial charge in [0.2, 0.25) is 5.79 Å². The van der Waals surface area contributed by atoms with E-state index in [1.165, 1.54) is 13.8 Å². The van der Waals surface area contributed by atoms with E-state index in [1.807, 2.05) is 0 Å². The Morgan fingerprint density at radius 2 is 1.91 bits per heavy atom. The molecule has 6 nitrogen and oxygen atoms in total. The van der Waals surface area contributed by atoms with Crippen LogP contribution in [0.1, 0.15) is 24.2 Å². The van der Waals surface area contributed by atoms with Crippen molar-refractivity contribution in [3.8, 4) is 11.5 Å². The summed E-state index contributed by atoms with van der Waals surface area (Å²) in [5, 5.41) is 18.5. The van der Waals surface area contributed by atoms with E-state index in [0.29, 0.717) is 6.07 Å². The monoisotopic (exact) mass is 338 g/mol. The van der Waals surface area contributed by atoms with Crippen molar-refractivity contribution >= 4 is 18.6 Å². The molecule has 1 aliphatic heterocycles. The molecule has 0 bridgehead atoms. The Morgan fingerprint density at radius 1 is 1.30 bits per heavy atom. The summed E-state index contributed by atoms with van der Waals surface area (Å²) in [6, 6.07) is 0.518. The van der Waals surface area contributed by atoms with Crippen molar-refractivity contribution in [1.29, 1.82) is 0 Å². The lowest BCUT2D eigenvalue weighted by Crippen LogP contribution is -2.44. The van der Waals surface area contributed by atoms with Gasteiger partial charge in [-0.3, -0.25) is 0 Å². The van der Waals surface area contributed by atoms with Gasteiger partial charge in [-0.15, -0.1) is 0 Å². The minimum Gasteiger partial charge on any atom is -0.480 e. The third-order valence-corrected chi connectivity index (χ3v) is 2.76. The topological polar surface area (TPSA) is 85.2 Å². The highest BCUT2D eigenvalue weighted by atomic mass is 19.4. The summed E-state index contributed by atoms with van der Waals surface area (Å²) in [4.78, 5) is 12.0. The molecule has 0 aliphatic carbocycles. The van der Waals surface area contributed by atoms with Crippen molar-refractivity contribution in [2.24, 2.45) is 0 Å². The molecule has 0 amide bonds. The highest BCUT2D eigenvalue weighted by Crippen LogP contribution is 2.38. The minimum absolute atomic E-state index is 0.514. The lowest BCUT2D eigenvalue weighted by molar-refractivity contribution is -0.155. The van der Waals surface area contributed by atoms with Crippen LogP contribution in [0.15, 0.2) is 6.07 Å². The van der Waals surface area contributed by atoms with Gasteiger partial charge in [-0.05, 0) is 6.07 Å². The summed E-state index contributed by atoms with van der Waals surface area (Å²) in [6.07, 6.45) is -4.77. The number of cyclic esters (lactones) is 1. The third-order valence-electron chi connectivity index (χ3n) is 2.76. The number of alkyl halides is 3. The summed E-state index contributed by atoms with van der Waals surface area (Å²) < 4.78 is 65.1. The molecular weight excluding hydrogens is 327 g/mol. The van der Waals surface area contributed by atoms with Crippen LogP contribution < -0.4 is 14.9 Å². The van der Waals surface area contributed by atoms with Gasteiger partial charge in [0, 0.05) is 19.3 Å². The molecule has 1 aliphatic rings. The van der Waals surface area contributed by atoms with Crippen LogP contribution in [0.25, 0.3) is 0 Å². The lowest BCUT2D eigenvalue weighted by Gasteiger charge is -2.33. The standard InChI is InChI=1S/C12H11BF4O6/c1-11(2)22-8-5(13(19)20)3-6(14)9(7(8)10(18)23-11)21-4-12(15,16)17/h3,19-20H,4H2,1-2H3. The van der Waals surface area contributed by atoms with Crippen LogP contribution in [0.2, 0.25) is 0 Å². The molecular formula is C12H11BF4O6. The molecule has 0 aromatic heterocycles. The summed E-state index contributed by atoms with van der Waals surface area (Å²) >= 11 is 0. The lowest BCUT2D eigenvalue weighted by atomic mass is 9.78. The Bertz CT molecular complexity index is 643. The molecule has 2 rings (SSSR count). The maximum atomic E-state index is 14.0. The summed E-state index contributed by atoms with van der Waals surface area (Å²) in [5.74, 6) is -5.69. The molecule has 0 saturated carbocycles. The molecule has 11 heteroatoms. The Kier molecular flexibility index (Phi) is 4.20. The van der Waals surface area contributed by atoms with Gasteiger partial charge in [-0.2, -0.15) is 13.2 Å². The fourth-order valence-electron chi connectivity index (χ4n) is 1.96. The molecule has 0 fully saturated rings. The van der Waals surface area contributed by atoms with Crippen molar-refractivity contribution in [2.45, 2.75) is 25.8 Å². The van der Waals surface area contributed by atoms with Crippen LogP contribution in [-0.4, -0.2) is 41.7 Å². The molecule has 0 saturated heterocycles. The van der Waals surface area contributed by atoms with Crippen LogP contribution in [0.5, 0.6) is 11.5 Å². The highest BCUT2D eigenvalue weighted by Gasteiger charge is 2.42. The quantitative estimate of drug-likeness (QED) is 0.480. The number of ether oxygens (including phenoxy) is 3. The second-order valence-corrected chi connectivity index (χ2v) is 5.15. The van der Waals surface area contributed by atoms with Crippen molar-refractivity contribution in [1.82, 2.24) is 0 Å². The predicted octanol–water partition coefficient (Wildman–Crippen LogP) is 0.732. The highest BCUT2D eigenvalue weighted by molar-refractivity contribution is 6.60. The normalized spacial score (nSPS) is 16.3. The van der Waals surface area contributed by atoms with Crippen molar-refractivity contribution in [3.05, 3.63) is 17.4 Å². The zero-order valence-corrected chi connectivity index (χ0v) is 11.9. The van der Waals surface area contributed by atoms with Crippen molar-refractivity contribution in [2.75, 3.05) is 6.61 Å². The maximum Gasteiger partial charge on any atom is 0.492 e. The van der Waals surface area contributed by atoms with E-state index in [9.17, 15) is 32.4 Å². The Labute approximate surface area is 127 Å². The van der Waals surface area contributed by atoms with Gasteiger partial charge in [-0.25, -0.2) is 9.18 Å². The van der Waals surface area contributed by atoms with Gasteiger partial charge < -0.3 is 24.3 Å². The van der Waals surface area contributed by atoms with E-state index < -0.39 is 60.0 Å². The third kappa shape index (κ3) is 3.67. The molecule has 0 spiro atoms. The maximum absolute atomic E-state index is 14.0. The first-order chi connectivity index (χ1) is 10.4. The van der Waals surface area contributed by atoms with E-state index in [-0.39, 0.29) is 0 Å². The fourth-order valence-corrected chi connectivity index (χ4v) is 1.96. The van der Waals surface area contributed by atoms with Gasteiger partial charge in [0.05, 0.1) is 0 Å². The van der Waals surface area contributed by atoms with E-state index in [1.54, 1.807) is 0 Å². The smallest absolute Gasteiger partial charge is 0.480 e. The number of esters is 1. The van der Waals surface area contributed by atoms with Gasteiger partial charge >= 0.3 is 19.3 Å². The molecule has 0 radical (unpaired) electrons. The molecule has 1 aromatic rings. The van der Waals surface area contributed by atoms with Crippen LogP contribution >= 0.6 is 0 Å². The number of hydrogen-bond acceptors (Lipinski definition) is 6. The SMILES string of the molecule is CC1(C)OC(=O)c2c(OCC(F)(F)F)c(F)cc(B(O)O)c2O1. The second-order valence-electron chi connectivity index (χ2n) is 5.15. The van der Waals surface area contributed by atoms with Gasteiger partial charge in [-0.1, -0.05) is 0 Å². The molecule has 0 atom stereocenters. The molecule has 1 aromatic carbocycles. The molecule has 23 heavy (non-hydrogen) atoms. The minimum atomic E-state index is -4.77. The summed E-state index contributed by atoms with van der Waals surface area (Å²) in [6.45, 7) is 0.760. The van der Waals surface area contributed by atoms with E-state index in [2.05, 4.69) is 4.74 Å². The van der Waals surface area contributed by atoms with Gasteiger partial charge in [0.15, 0.2) is 18.2 Å². The van der Waals surface area contributed by atoms with Gasteiger partial charge in [0.1, 0.15) is 11.3 Å². The Hall–Kier alpha value is -2.01. The molecule has 126 valence electrons. The zero-order chi connectivity index (χ0) is 17.6. The van der Waals surface area contributed by atoms with E-state index in [4.69, 9.17) is 9.47 Å². The largest absolute Gasteiger partial charge is 0.492 e. The number of rotatable bonds is 3. The Morgan fingerprint density at radius 3 is 2.43 bits per heavy atom. The van der Waals surface area contributed by atoms with Crippen LogP contribution in [0, 0.1) is 5.82 Å². The number of carbonyl (C=O) groups excluding carboxylic acids is 1. The van der Waals surface area contributed by atoms with Crippen LogP contribution in [0.3, 0.4) is 0 Å². The zero-order valence-electron chi connectivity index (χ0n) is 11.9.